The predicted octanol–water partition coefficient (Wildman–Crippen LogP) is 3.53. The molecule has 12 heteroatoms. The second-order valence-corrected chi connectivity index (χ2v) is 11.1. The first kappa shape index (κ1) is 29.5. The summed E-state index contributed by atoms with van der Waals surface area (Å²) in [6, 6.07) is 16.9. The van der Waals surface area contributed by atoms with E-state index in [4.69, 9.17) is 14.6 Å². The molecule has 0 spiro atoms. The molecule has 1 N–H and O–H groups in total. The summed E-state index contributed by atoms with van der Waals surface area (Å²) in [5.74, 6) is 0. The van der Waals surface area contributed by atoms with Gasteiger partial charge in [-0.3, -0.25) is 14.3 Å². The lowest BCUT2D eigenvalue weighted by Crippen LogP contribution is -2.44. The zero-order valence-corrected chi connectivity index (χ0v) is 24.4. The molecule has 2 aromatic heterocycles. The summed E-state index contributed by atoms with van der Waals surface area (Å²) in [7, 11) is 0. The molecule has 0 fully saturated rings. The van der Waals surface area contributed by atoms with Gasteiger partial charge < -0.3 is 24.0 Å². The van der Waals surface area contributed by atoms with Crippen molar-refractivity contribution in [1.82, 2.24) is 14.5 Å². The van der Waals surface area contributed by atoms with Gasteiger partial charge in [0.15, 0.2) is 5.65 Å². The minimum absolute atomic E-state index is 0.0815. The normalized spacial score (nSPS) is 13.7. The molecule has 1 atom stereocenters. The second kappa shape index (κ2) is 13.3. The predicted molar refractivity (Wildman–Crippen MR) is 161 cm³/mol. The quantitative estimate of drug-likeness (QED) is 0.167. The highest BCUT2D eigenvalue weighted by atomic mass is 32.2. The van der Waals surface area contributed by atoms with E-state index in [2.05, 4.69) is 9.97 Å². The maximum atomic E-state index is 14.1. The van der Waals surface area contributed by atoms with Crippen molar-refractivity contribution in [2.24, 2.45) is 0 Å². The van der Waals surface area contributed by atoms with Crippen LogP contribution in [0.25, 0.3) is 11.0 Å². The molecule has 0 bridgehead atoms. The number of hydrogen-bond acceptors (Lipinski definition) is 9. The number of ether oxygens (including phenoxy) is 2. The third kappa shape index (κ3) is 6.26. The van der Waals surface area contributed by atoms with Crippen LogP contribution in [0, 0.1) is 6.92 Å². The standard InChI is InChI=1S/C30H33N5O6S/c1-21-8-6-11-24-26(21)34(30(38)41-20-22-9-4-3-5-10-22)14-13-33(24)25-18-23-19-31-29(42(2)39)32-27(23)35(28(25)37)12-7-16-40-17-15-36/h3-6,8-11,18-19,36H,7,12-17,20H2,1-2H3. The lowest BCUT2D eigenvalue weighted by Gasteiger charge is -2.38. The Balaban J connectivity index is 1.51. The van der Waals surface area contributed by atoms with Gasteiger partial charge in [-0.2, -0.15) is 9.97 Å². The highest BCUT2D eigenvalue weighted by Crippen LogP contribution is 2.40. The number of aromatic nitrogens is 3. The molecule has 0 aliphatic carbocycles. The van der Waals surface area contributed by atoms with E-state index in [1.54, 1.807) is 21.7 Å². The van der Waals surface area contributed by atoms with Crippen molar-refractivity contribution in [3.8, 4) is 0 Å². The monoisotopic (exact) mass is 591 g/mol. The third-order valence-electron chi connectivity index (χ3n) is 6.99. The van der Waals surface area contributed by atoms with Gasteiger partial charge in [0.05, 0.1) is 24.6 Å². The summed E-state index contributed by atoms with van der Waals surface area (Å²) in [6.07, 6.45) is 3.12. The van der Waals surface area contributed by atoms with Crippen molar-refractivity contribution >= 4 is 45.4 Å². The molecule has 1 unspecified atom stereocenters. The van der Waals surface area contributed by atoms with Crippen molar-refractivity contribution < 1.29 is 23.9 Å². The lowest BCUT2D eigenvalue weighted by atomic mass is 10.1. The van der Waals surface area contributed by atoms with E-state index in [-0.39, 0.29) is 30.5 Å². The van der Waals surface area contributed by atoms with E-state index >= 15 is 0 Å². The number of aliphatic hydroxyl groups excluding tert-OH is 1. The van der Waals surface area contributed by atoms with Crippen molar-refractivity contribution in [2.75, 3.05) is 49.0 Å². The van der Waals surface area contributed by atoms with Gasteiger partial charge in [0.1, 0.15) is 18.6 Å². The first-order valence-corrected chi connectivity index (χ1v) is 15.2. The highest BCUT2D eigenvalue weighted by Gasteiger charge is 2.32. The number of amides is 1. The van der Waals surface area contributed by atoms with Crippen LogP contribution in [0.1, 0.15) is 17.5 Å². The van der Waals surface area contributed by atoms with Gasteiger partial charge in [-0.05, 0) is 36.6 Å². The van der Waals surface area contributed by atoms with Gasteiger partial charge in [0.2, 0.25) is 0 Å². The van der Waals surface area contributed by atoms with Gasteiger partial charge in [-0.1, -0.05) is 42.5 Å². The number of carbonyl (C=O) groups is 1. The van der Waals surface area contributed by atoms with Crippen LogP contribution in [0.15, 0.2) is 70.7 Å². The molecule has 1 aliphatic rings. The Labute approximate surface area is 246 Å². The Bertz CT molecular complexity index is 1610. The maximum absolute atomic E-state index is 14.1. The van der Waals surface area contributed by atoms with Crippen LogP contribution in [0.4, 0.5) is 21.9 Å². The fraction of sp³-hybridized carbons (Fsp3) is 0.333. The minimum atomic E-state index is -1.42. The van der Waals surface area contributed by atoms with Crippen molar-refractivity contribution in [2.45, 2.75) is 31.7 Å². The van der Waals surface area contributed by atoms with Crippen LogP contribution < -0.4 is 15.4 Å². The largest absolute Gasteiger partial charge is 0.609 e. The number of fused-ring (bicyclic) bond motifs is 2. The molecule has 0 saturated carbocycles. The molecule has 1 aliphatic heterocycles. The average Bonchev–Trinajstić information content (AvgIpc) is 3.00. The van der Waals surface area contributed by atoms with E-state index in [0.717, 1.165) is 11.1 Å². The first-order valence-electron chi connectivity index (χ1n) is 13.7. The zero-order valence-electron chi connectivity index (χ0n) is 23.6. The number of carbonyl (C=O) groups excluding carboxylic acids is 1. The number of pyridine rings is 1. The molecule has 11 nitrogen and oxygen atoms in total. The summed E-state index contributed by atoms with van der Waals surface area (Å²) in [5.41, 5.74) is 3.68. The van der Waals surface area contributed by atoms with E-state index < -0.39 is 17.3 Å². The van der Waals surface area contributed by atoms with Crippen molar-refractivity contribution in [3.05, 3.63) is 82.3 Å². The molecular formula is C30H33N5O6S. The summed E-state index contributed by atoms with van der Waals surface area (Å²) in [5, 5.41) is 9.76. The molecule has 4 aromatic rings. The Morgan fingerprint density at radius 2 is 1.90 bits per heavy atom. The Morgan fingerprint density at radius 1 is 1.10 bits per heavy atom. The number of anilines is 3. The molecule has 0 saturated heterocycles. The smallest absolute Gasteiger partial charge is 0.414 e. The lowest BCUT2D eigenvalue weighted by molar-refractivity contribution is 0.0888. The average molecular weight is 592 g/mol. The van der Waals surface area contributed by atoms with Crippen LogP contribution in [0.5, 0.6) is 0 Å². The zero-order chi connectivity index (χ0) is 29.6. The van der Waals surface area contributed by atoms with E-state index in [1.807, 2.05) is 60.4 Å². The first-order chi connectivity index (χ1) is 20.4. The maximum Gasteiger partial charge on any atom is 0.414 e. The van der Waals surface area contributed by atoms with Crippen molar-refractivity contribution in [1.29, 1.82) is 0 Å². The van der Waals surface area contributed by atoms with Crippen LogP contribution in [-0.4, -0.2) is 69.5 Å². The SMILES string of the molecule is Cc1cccc2c1N(C(=O)OCc1ccccc1)CCN2c1cc2cnc([S+](C)[O-])nc2n(CCCOCCO)c1=O. The number of aryl methyl sites for hydroxylation is 2. The van der Waals surface area contributed by atoms with Gasteiger partial charge in [0.25, 0.3) is 5.56 Å². The molecular weight excluding hydrogens is 558 g/mol. The number of para-hydroxylation sites is 1. The van der Waals surface area contributed by atoms with Crippen molar-refractivity contribution in [3.63, 3.8) is 0 Å². The molecule has 0 radical (unpaired) electrons. The van der Waals surface area contributed by atoms with Gasteiger partial charge in [-0.15, -0.1) is 0 Å². The third-order valence-corrected chi connectivity index (χ3v) is 7.70. The molecule has 5 rings (SSSR count). The molecule has 220 valence electrons. The van der Waals surface area contributed by atoms with E-state index in [0.29, 0.717) is 60.8 Å². The van der Waals surface area contributed by atoms with Crippen LogP contribution >= 0.6 is 0 Å². The van der Waals surface area contributed by atoms with Gasteiger partial charge in [-0.25, -0.2) is 4.79 Å². The van der Waals surface area contributed by atoms with Crippen LogP contribution in [0.2, 0.25) is 0 Å². The topological polar surface area (TPSA) is 133 Å². The number of hydrogen-bond donors (Lipinski definition) is 1. The number of aliphatic hydroxyl groups is 1. The number of benzene rings is 2. The Morgan fingerprint density at radius 3 is 2.67 bits per heavy atom. The van der Waals surface area contributed by atoms with Gasteiger partial charge in [0, 0.05) is 49.0 Å². The fourth-order valence-electron chi connectivity index (χ4n) is 5.03. The highest BCUT2D eigenvalue weighted by molar-refractivity contribution is 7.90. The molecule has 42 heavy (non-hydrogen) atoms. The van der Waals surface area contributed by atoms with Crippen LogP contribution in [-0.2, 0) is 33.8 Å². The Hall–Kier alpha value is -3.97. The summed E-state index contributed by atoms with van der Waals surface area (Å²) in [4.78, 5) is 39.6. The van der Waals surface area contributed by atoms with E-state index in [1.165, 1.54) is 6.26 Å². The van der Waals surface area contributed by atoms with Gasteiger partial charge >= 0.3 is 11.2 Å². The number of rotatable bonds is 10. The molecule has 1 amide bonds. The second-order valence-electron chi connectivity index (χ2n) is 9.85. The molecule has 2 aromatic carbocycles. The Kier molecular flexibility index (Phi) is 9.38. The van der Waals surface area contributed by atoms with Crippen LogP contribution in [0.3, 0.4) is 0 Å². The van der Waals surface area contributed by atoms with E-state index in [9.17, 15) is 14.1 Å². The molecule has 3 heterocycles. The summed E-state index contributed by atoms with van der Waals surface area (Å²) in [6.45, 7) is 3.52. The minimum Gasteiger partial charge on any atom is -0.609 e. The fourth-order valence-corrected chi connectivity index (χ4v) is 5.45. The summed E-state index contributed by atoms with van der Waals surface area (Å²) < 4.78 is 24.7. The summed E-state index contributed by atoms with van der Waals surface area (Å²) >= 11 is -1.42. The number of nitrogens with zero attached hydrogens (tertiary/aromatic N) is 5.